The minimum absolute atomic E-state index is 0.0819. The van der Waals surface area contributed by atoms with Crippen molar-refractivity contribution in [2.45, 2.75) is 121 Å². The van der Waals surface area contributed by atoms with Gasteiger partial charge in [0.1, 0.15) is 24.1 Å². The second-order valence-corrected chi connectivity index (χ2v) is 18.4. The fourth-order valence-electron chi connectivity index (χ4n) is 3.88. The van der Waals surface area contributed by atoms with Crippen LogP contribution in [0, 0.1) is 23.7 Å². The zero-order chi connectivity index (χ0) is 29.9. The van der Waals surface area contributed by atoms with Gasteiger partial charge in [-0.25, -0.2) is 4.79 Å². The first-order valence-corrected chi connectivity index (χ1v) is 16.7. The van der Waals surface area contributed by atoms with Crippen LogP contribution in [0.1, 0.15) is 81.6 Å². The van der Waals surface area contributed by atoms with Gasteiger partial charge in [0, 0.05) is 24.2 Å². The molecule has 0 aliphatic carbocycles. The van der Waals surface area contributed by atoms with Crippen molar-refractivity contribution in [1.82, 2.24) is 0 Å². The monoisotopic (exact) mass is 614 g/mol. The van der Waals surface area contributed by atoms with Crippen molar-refractivity contribution < 1.29 is 33.0 Å². The number of hydrogen-bond donors (Lipinski definition) is 0. The topological polar surface area (TPSA) is 88.1 Å². The minimum atomic E-state index is -2.22. The molecule has 0 saturated carbocycles. The normalized spacial score (nSPS) is 15.1. The minimum Gasteiger partial charge on any atom is -0.460 e. The molecule has 0 saturated heterocycles. The number of hydrogen-bond acceptors (Lipinski definition) is 7. The third-order valence-corrected chi connectivity index (χ3v) is 11.7. The number of terminal acetylenes is 1. The molecule has 3 atom stereocenters. The molecular weight excluding hydrogens is 571 g/mol. The molecule has 0 heterocycles. The van der Waals surface area contributed by atoms with Crippen molar-refractivity contribution in [3.8, 4) is 12.3 Å². The van der Waals surface area contributed by atoms with Gasteiger partial charge >= 0.3 is 12.1 Å². The molecule has 0 N–H and O–H groups in total. The lowest BCUT2D eigenvalue weighted by molar-refractivity contribution is -0.159. The predicted molar refractivity (Wildman–Crippen MR) is 155 cm³/mol. The van der Waals surface area contributed by atoms with Crippen molar-refractivity contribution >= 4 is 61.0 Å². The molecule has 0 aliphatic heterocycles. The summed E-state index contributed by atoms with van der Waals surface area (Å²) in [6, 6.07) is 2.53. The second kappa shape index (κ2) is 15.7. The zero-order valence-corrected chi connectivity index (χ0v) is 27.5. The molecule has 220 valence electrons. The maximum Gasteiger partial charge on any atom is 0.508 e. The maximum atomic E-state index is 13.8. The molecule has 7 nitrogen and oxygen atoms in total. The highest BCUT2D eigenvalue weighted by Gasteiger charge is 2.45. The van der Waals surface area contributed by atoms with Gasteiger partial charge in [-0.05, 0) is 38.9 Å². The SMILES string of the molecule is C#CC[C@H](C)[C@@H](CC(=O)C(C)(C)[C@H](CC(=O)OC(C)(C)C)O[Si](CC)(CC)CC)OC(=O)OCC(Cl)(Cl)Cl. The molecule has 0 aromatic heterocycles. The van der Waals surface area contributed by atoms with Gasteiger partial charge in [0.15, 0.2) is 8.32 Å². The summed E-state index contributed by atoms with van der Waals surface area (Å²) in [7, 11) is -2.22. The third-order valence-electron chi connectivity index (χ3n) is 6.68. The first kappa shape index (κ1) is 37.0. The number of halogens is 3. The maximum absolute atomic E-state index is 13.8. The molecular formula is C27H45Cl3O7Si. The van der Waals surface area contributed by atoms with Crippen molar-refractivity contribution in [2.24, 2.45) is 11.3 Å². The van der Waals surface area contributed by atoms with Gasteiger partial charge in [-0.1, -0.05) is 76.3 Å². The molecule has 0 amide bonds. The number of Topliss-reactive ketones (excluding diaryl/α,β-unsaturated/α-hetero) is 1. The highest BCUT2D eigenvalue weighted by molar-refractivity contribution is 6.73. The van der Waals surface area contributed by atoms with Crippen molar-refractivity contribution in [3.63, 3.8) is 0 Å². The van der Waals surface area contributed by atoms with Gasteiger partial charge in [0.25, 0.3) is 0 Å². The Bertz CT molecular complexity index is 816. The number of alkyl halides is 3. The highest BCUT2D eigenvalue weighted by atomic mass is 35.6. The van der Waals surface area contributed by atoms with Crippen LogP contribution in [0.4, 0.5) is 4.79 Å². The van der Waals surface area contributed by atoms with E-state index in [2.05, 4.69) is 26.7 Å². The number of ketones is 1. The van der Waals surface area contributed by atoms with E-state index in [0.717, 1.165) is 18.1 Å². The lowest BCUT2D eigenvalue weighted by Gasteiger charge is -2.41. The van der Waals surface area contributed by atoms with E-state index in [9.17, 15) is 14.4 Å². The fraction of sp³-hybridized carbons (Fsp3) is 0.815. The summed E-state index contributed by atoms with van der Waals surface area (Å²) in [5, 5.41) is 0. The average molecular weight is 616 g/mol. The third kappa shape index (κ3) is 13.4. The number of carbonyl (C=O) groups is 3. The Hall–Kier alpha value is -0.983. The van der Waals surface area contributed by atoms with E-state index in [1.165, 1.54) is 0 Å². The van der Waals surface area contributed by atoms with Crippen LogP contribution in [0.5, 0.6) is 0 Å². The molecule has 0 spiro atoms. The van der Waals surface area contributed by atoms with E-state index >= 15 is 0 Å². The number of carbonyl (C=O) groups excluding carboxylic acids is 3. The Kier molecular flexibility index (Phi) is 15.3. The molecule has 0 radical (unpaired) electrons. The molecule has 0 aromatic rings. The second-order valence-electron chi connectivity index (χ2n) is 11.2. The van der Waals surface area contributed by atoms with E-state index in [1.807, 2.05) is 0 Å². The predicted octanol–water partition coefficient (Wildman–Crippen LogP) is 7.65. The lowest BCUT2D eigenvalue weighted by Crippen LogP contribution is -2.50. The zero-order valence-electron chi connectivity index (χ0n) is 24.3. The van der Waals surface area contributed by atoms with Crippen LogP contribution in [0.2, 0.25) is 18.1 Å². The molecule has 0 bridgehead atoms. The van der Waals surface area contributed by atoms with E-state index in [1.54, 1.807) is 41.5 Å². The van der Waals surface area contributed by atoms with Gasteiger partial charge < -0.3 is 18.6 Å². The quantitative estimate of drug-likeness (QED) is 0.0809. The van der Waals surface area contributed by atoms with Crippen LogP contribution in [-0.2, 0) is 28.2 Å². The largest absolute Gasteiger partial charge is 0.508 e. The molecule has 11 heteroatoms. The Morgan fingerprint density at radius 1 is 0.947 bits per heavy atom. The Morgan fingerprint density at radius 2 is 1.47 bits per heavy atom. The summed E-state index contributed by atoms with van der Waals surface area (Å²) in [5.74, 6) is 1.47. The lowest BCUT2D eigenvalue weighted by atomic mass is 9.77. The van der Waals surface area contributed by atoms with E-state index in [4.69, 9.17) is 59.9 Å². The first-order chi connectivity index (χ1) is 17.3. The fourth-order valence-corrected chi connectivity index (χ4v) is 7.03. The molecule has 0 aromatic carbocycles. The molecule has 0 fully saturated rings. The average Bonchev–Trinajstić information content (AvgIpc) is 2.78. The summed E-state index contributed by atoms with van der Waals surface area (Å²) >= 11 is 16.9. The summed E-state index contributed by atoms with van der Waals surface area (Å²) in [6.07, 6.45) is 2.79. The summed E-state index contributed by atoms with van der Waals surface area (Å²) in [6.45, 7) is 16.3. The van der Waals surface area contributed by atoms with Gasteiger partial charge in [-0.3, -0.25) is 9.59 Å². The van der Waals surface area contributed by atoms with E-state index < -0.39 is 54.1 Å². The smallest absolute Gasteiger partial charge is 0.460 e. The molecule has 0 aliphatic rings. The Labute approximate surface area is 245 Å². The van der Waals surface area contributed by atoms with Gasteiger partial charge in [-0.15, -0.1) is 12.3 Å². The highest BCUT2D eigenvalue weighted by Crippen LogP contribution is 2.36. The van der Waals surface area contributed by atoms with Crippen LogP contribution in [-0.4, -0.2) is 54.4 Å². The number of esters is 1. The van der Waals surface area contributed by atoms with Crippen LogP contribution in [0.25, 0.3) is 0 Å². The van der Waals surface area contributed by atoms with E-state index in [0.29, 0.717) is 0 Å². The Morgan fingerprint density at radius 3 is 1.89 bits per heavy atom. The first-order valence-electron chi connectivity index (χ1n) is 13.0. The molecule has 38 heavy (non-hydrogen) atoms. The summed E-state index contributed by atoms with van der Waals surface area (Å²) < 4.78 is 20.8. The Balaban J connectivity index is 6.05. The van der Waals surface area contributed by atoms with Crippen molar-refractivity contribution in [2.75, 3.05) is 6.61 Å². The molecule has 0 unspecified atom stereocenters. The van der Waals surface area contributed by atoms with Crippen LogP contribution in [0.3, 0.4) is 0 Å². The van der Waals surface area contributed by atoms with Crippen LogP contribution < -0.4 is 0 Å². The van der Waals surface area contributed by atoms with Crippen molar-refractivity contribution in [3.05, 3.63) is 0 Å². The van der Waals surface area contributed by atoms with Gasteiger partial charge in [0.2, 0.25) is 3.79 Å². The number of ether oxygens (including phenoxy) is 3. The van der Waals surface area contributed by atoms with Crippen molar-refractivity contribution in [1.29, 1.82) is 0 Å². The van der Waals surface area contributed by atoms with E-state index in [-0.39, 0.29) is 31.0 Å². The summed E-state index contributed by atoms with van der Waals surface area (Å²) in [4.78, 5) is 38.9. The molecule has 0 rings (SSSR count). The van der Waals surface area contributed by atoms with Gasteiger partial charge in [-0.2, -0.15) is 0 Å². The van der Waals surface area contributed by atoms with Crippen LogP contribution in [0.15, 0.2) is 0 Å². The van der Waals surface area contributed by atoms with Crippen LogP contribution >= 0.6 is 34.8 Å². The number of rotatable bonds is 15. The summed E-state index contributed by atoms with van der Waals surface area (Å²) in [5.41, 5.74) is -1.78. The van der Waals surface area contributed by atoms with Gasteiger partial charge in [0.05, 0.1) is 12.5 Å². The standard InChI is InChI=1S/C27H45Cl3O7Si/c1-11-15-19(5)20(35-24(33)34-18-27(28,29)30)16-21(31)26(9,10)22(17-23(32)36-25(6,7)8)37-38(12-2,13-3)14-4/h1,19-20,22H,12-18H2,2-10H3/t19-,20+,22-/m0/s1.